The van der Waals surface area contributed by atoms with Gasteiger partial charge in [0.25, 0.3) is 0 Å². The van der Waals surface area contributed by atoms with E-state index in [0.29, 0.717) is 5.56 Å². The number of nitrogens with two attached hydrogens (primary N) is 1. The van der Waals surface area contributed by atoms with Crippen LogP contribution < -0.4 is 5.73 Å². The first-order valence-electron chi connectivity index (χ1n) is 10.9. The smallest absolute Gasteiger partial charge is 0.249 e. The molecular weight excluding hydrogens is 380 g/mol. The summed E-state index contributed by atoms with van der Waals surface area (Å²) in [5.41, 5.74) is 12.4. The molecule has 0 fully saturated rings. The number of hydrogen-bond acceptors (Lipinski definition) is 1. The maximum absolute atomic E-state index is 12.2. The van der Waals surface area contributed by atoms with Crippen molar-refractivity contribution in [2.75, 3.05) is 0 Å². The van der Waals surface area contributed by atoms with E-state index in [9.17, 15) is 4.79 Å². The molecule has 1 aromatic heterocycles. The summed E-state index contributed by atoms with van der Waals surface area (Å²) in [6, 6.07) is 25.5. The van der Waals surface area contributed by atoms with Crippen molar-refractivity contribution in [1.82, 2.24) is 4.57 Å². The molecule has 154 valence electrons. The minimum atomic E-state index is -0.386. The number of aromatic nitrogens is 1. The number of carbonyl (C=O) groups excluding carboxylic acids is 1. The van der Waals surface area contributed by atoms with Crippen LogP contribution in [0.1, 0.15) is 40.4 Å². The van der Waals surface area contributed by atoms with Gasteiger partial charge in [-0.25, -0.2) is 0 Å². The molecule has 0 bridgehead atoms. The van der Waals surface area contributed by atoms with Crippen molar-refractivity contribution in [3.63, 3.8) is 0 Å². The molecule has 2 N–H and O–H groups in total. The monoisotopic (exact) mass is 406 g/mol. The summed E-state index contributed by atoms with van der Waals surface area (Å²) in [6.45, 7) is 5.09. The lowest BCUT2D eigenvalue weighted by molar-refractivity contribution is 0.100. The van der Waals surface area contributed by atoms with Crippen LogP contribution in [0.3, 0.4) is 0 Å². The van der Waals surface area contributed by atoms with Crippen molar-refractivity contribution in [2.45, 2.75) is 33.2 Å². The first-order valence-corrected chi connectivity index (χ1v) is 10.9. The van der Waals surface area contributed by atoms with Crippen LogP contribution in [0.15, 0.2) is 72.8 Å². The Kier molecular flexibility index (Phi) is 4.74. The van der Waals surface area contributed by atoms with Gasteiger partial charge in [0.2, 0.25) is 5.91 Å². The summed E-state index contributed by atoms with van der Waals surface area (Å²) >= 11 is 0. The van der Waals surface area contributed by atoms with Gasteiger partial charge in [-0.1, -0.05) is 67.9 Å². The summed E-state index contributed by atoms with van der Waals surface area (Å²) in [7, 11) is 0. The molecule has 0 saturated carbocycles. The molecule has 1 amide bonds. The lowest BCUT2D eigenvalue weighted by Crippen LogP contribution is -2.11. The van der Waals surface area contributed by atoms with Crippen LogP contribution in [-0.4, -0.2) is 10.5 Å². The molecule has 0 radical (unpaired) electrons. The van der Waals surface area contributed by atoms with Crippen LogP contribution in [0.5, 0.6) is 0 Å². The lowest BCUT2D eigenvalue weighted by atomic mass is 10.00. The fourth-order valence-corrected chi connectivity index (χ4v) is 4.83. The number of fused-ring (bicyclic) bond motifs is 4. The van der Waals surface area contributed by atoms with Crippen molar-refractivity contribution >= 4 is 38.5 Å². The standard InChI is InChI=1S/C28H26N2O/c1-3-7-19-13-15-23-26(16-19)30(25-11-6-10-24(27(23)25)28(29)31)17-20-14-12-18(2)21-8-4-5-9-22(20)21/h4-6,8-16H,3,7,17H2,1-2H3,(H2,29,31). The number of amides is 1. The predicted molar refractivity (Wildman–Crippen MR) is 130 cm³/mol. The number of aryl methyl sites for hydroxylation is 2. The van der Waals surface area contributed by atoms with Crippen LogP contribution >= 0.6 is 0 Å². The third-order valence-electron chi connectivity index (χ3n) is 6.32. The van der Waals surface area contributed by atoms with Crippen LogP contribution in [0, 0.1) is 6.92 Å². The first-order chi connectivity index (χ1) is 15.1. The molecule has 1 heterocycles. The second kappa shape index (κ2) is 7.59. The SMILES string of the molecule is CCCc1ccc2c3c(C(N)=O)cccc3n(Cc3ccc(C)c4ccccc34)c2c1. The van der Waals surface area contributed by atoms with Crippen LogP contribution in [0.25, 0.3) is 32.6 Å². The minimum Gasteiger partial charge on any atom is -0.366 e. The van der Waals surface area contributed by atoms with E-state index in [0.717, 1.165) is 41.2 Å². The summed E-state index contributed by atoms with van der Waals surface area (Å²) in [6.07, 6.45) is 2.13. The summed E-state index contributed by atoms with van der Waals surface area (Å²) in [5.74, 6) is -0.386. The van der Waals surface area contributed by atoms with E-state index in [-0.39, 0.29) is 5.91 Å². The number of benzene rings is 4. The Morgan fingerprint density at radius 2 is 1.68 bits per heavy atom. The maximum atomic E-state index is 12.2. The molecule has 0 spiro atoms. The first kappa shape index (κ1) is 19.4. The zero-order valence-corrected chi connectivity index (χ0v) is 18.0. The molecule has 31 heavy (non-hydrogen) atoms. The fraction of sp³-hybridized carbons (Fsp3) is 0.179. The van der Waals surface area contributed by atoms with E-state index in [4.69, 9.17) is 5.73 Å². The second-order valence-corrected chi connectivity index (χ2v) is 8.34. The average molecular weight is 407 g/mol. The zero-order valence-electron chi connectivity index (χ0n) is 18.0. The number of carbonyl (C=O) groups is 1. The molecule has 3 heteroatoms. The molecule has 0 aliphatic rings. The Morgan fingerprint density at radius 1 is 0.871 bits per heavy atom. The number of nitrogens with zero attached hydrogens (tertiary/aromatic N) is 1. The van der Waals surface area contributed by atoms with Crippen LogP contribution in [-0.2, 0) is 13.0 Å². The van der Waals surface area contributed by atoms with Gasteiger partial charge in [-0.3, -0.25) is 4.79 Å². The van der Waals surface area contributed by atoms with E-state index >= 15 is 0 Å². The normalized spacial score (nSPS) is 11.5. The van der Waals surface area contributed by atoms with Crippen LogP contribution in [0.4, 0.5) is 0 Å². The number of hydrogen-bond donors (Lipinski definition) is 1. The Morgan fingerprint density at radius 3 is 2.45 bits per heavy atom. The fourth-order valence-electron chi connectivity index (χ4n) is 4.83. The van der Waals surface area contributed by atoms with E-state index in [1.165, 1.54) is 27.5 Å². The molecule has 0 unspecified atom stereocenters. The molecular formula is C28H26N2O. The minimum absolute atomic E-state index is 0.386. The topological polar surface area (TPSA) is 48.0 Å². The highest BCUT2D eigenvalue weighted by Crippen LogP contribution is 2.34. The highest BCUT2D eigenvalue weighted by atomic mass is 16.1. The summed E-state index contributed by atoms with van der Waals surface area (Å²) in [4.78, 5) is 12.2. The Bertz CT molecular complexity index is 1460. The zero-order chi connectivity index (χ0) is 21.5. The molecule has 0 saturated heterocycles. The third-order valence-corrected chi connectivity index (χ3v) is 6.32. The summed E-state index contributed by atoms with van der Waals surface area (Å²) < 4.78 is 2.34. The molecule has 4 aromatic carbocycles. The van der Waals surface area contributed by atoms with Gasteiger partial charge in [0.1, 0.15) is 0 Å². The van der Waals surface area contributed by atoms with E-state index in [2.05, 4.69) is 79.1 Å². The molecule has 0 aliphatic carbocycles. The lowest BCUT2D eigenvalue weighted by Gasteiger charge is -2.13. The number of primary amides is 1. The van der Waals surface area contributed by atoms with Crippen molar-refractivity contribution in [1.29, 1.82) is 0 Å². The number of rotatable bonds is 5. The van der Waals surface area contributed by atoms with E-state index in [1.807, 2.05) is 12.1 Å². The predicted octanol–water partition coefficient (Wildman–Crippen LogP) is 6.36. The Hall–Kier alpha value is -3.59. The Balaban J connectivity index is 1.81. The molecule has 5 rings (SSSR count). The van der Waals surface area contributed by atoms with Crippen molar-refractivity contribution in [2.24, 2.45) is 5.73 Å². The van der Waals surface area contributed by atoms with E-state index < -0.39 is 0 Å². The van der Waals surface area contributed by atoms with Crippen molar-refractivity contribution < 1.29 is 4.79 Å². The second-order valence-electron chi connectivity index (χ2n) is 8.34. The molecule has 0 aliphatic heterocycles. The van der Waals surface area contributed by atoms with Gasteiger partial charge in [0.15, 0.2) is 0 Å². The van der Waals surface area contributed by atoms with Gasteiger partial charge in [-0.05, 0) is 59.0 Å². The molecule has 3 nitrogen and oxygen atoms in total. The van der Waals surface area contributed by atoms with E-state index in [1.54, 1.807) is 0 Å². The third kappa shape index (κ3) is 3.17. The summed E-state index contributed by atoms with van der Waals surface area (Å²) in [5, 5.41) is 4.59. The van der Waals surface area contributed by atoms with Crippen molar-refractivity contribution in [3.05, 3.63) is 95.1 Å². The molecule has 0 atom stereocenters. The molecule has 5 aromatic rings. The van der Waals surface area contributed by atoms with Crippen LogP contribution in [0.2, 0.25) is 0 Å². The highest BCUT2D eigenvalue weighted by Gasteiger charge is 2.17. The van der Waals surface area contributed by atoms with Gasteiger partial charge < -0.3 is 10.3 Å². The Labute approximate surface area is 182 Å². The van der Waals surface area contributed by atoms with Gasteiger partial charge >= 0.3 is 0 Å². The van der Waals surface area contributed by atoms with Gasteiger partial charge in [-0.15, -0.1) is 0 Å². The van der Waals surface area contributed by atoms with Crippen molar-refractivity contribution in [3.8, 4) is 0 Å². The van der Waals surface area contributed by atoms with Gasteiger partial charge in [0, 0.05) is 28.4 Å². The van der Waals surface area contributed by atoms with Gasteiger partial charge in [0.05, 0.1) is 5.52 Å². The van der Waals surface area contributed by atoms with Gasteiger partial charge in [-0.2, -0.15) is 0 Å². The maximum Gasteiger partial charge on any atom is 0.249 e. The highest BCUT2D eigenvalue weighted by molar-refractivity contribution is 6.18. The average Bonchev–Trinajstić information content (AvgIpc) is 3.09. The largest absolute Gasteiger partial charge is 0.366 e. The quantitative estimate of drug-likeness (QED) is 0.363.